The molecule has 2 heteroatoms. The van der Waals surface area contributed by atoms with Crippen LogP contribution in [0.2, 0.25) is 0 Å². The zero-order chi connectivity index (χ0) is 13.1. The van der Waals surface area contributed by atoms with Gasteiger partial charge in [-0.2, -0.15) is 0 Å². The lowest BCUT2D eigenvalue weighted by Gasteiger charge is -2.40. The van der Waals surface area contributed by atoms with Crippen LogP contribution in [-0.4, -0.2) is 22.9 Å². The fraction of sp³-hybridized carbons (Fsp3) is 0.667. The van der Waals surface area contributed by atoms with E-state index < -0.39 is 0 Å². The first-order valence-electron chi connectivity index (χ1n) is 6.47. The van der Waals surface area contributed by atoms with Gasteiger partial charge in [0.1, 0.15) is 0 Å². The van der Waals surface area contributed by atoms with Crippen molar-refractivity contribution in [3.05, 3.63) is 24.8 Å². The number of nitrogens with zero attached hydrogens (tertiary/aromatic N) is 1. The Kier molecular flexibility index (Phi) is 4.55. The highest BCUT2D eigenvalue weighted by Gasteiger charge is 2.44. The lowest BCUT2D eigenvalue weighted by molar-refractivity contribution is -0.131. The van der Waals surface area contributed by atoms with Crippen molar-refractivity contribution in [3.8, 4) is 0 Å². The van der Waals surface area contributed by atoms with Gasteiger partial charge in [0.25, 0.3) is 0 Å². The molecule has 0 aromatic carbocycles. The summed E-state index contributed by atoms with van der Waals surface area (Å²) in [6.45, 7) is 14.9. The first kappa shape index (κ1) is 14.0. The quantitative estimate of drug-likeness (QED) is 0.645. The maximum atomic E-state index is 12.0. The van der Waals surface area contributed by atoms with Gasteiger partial charge in [0, 0.05) is 18.5 Å². The Morgan fingerprint density at radius 2 is 2.24 bits per heavy atom. The molecule has 1 unspecified atom stereocenters. The third-order valence-corrected chi connectivity index (χ3v) is 3.41. The summed E-state index contributed by atoms with van der Waals surface area (Å²) >= 11 is 0. The van der Waals surface area contributed by atoms with E-state index in [1.807, 2.05) is 11.0 Å². The van der Waals surface area contributed by atoms with E-state index in [2.05, 4.69) is 33.9 Å². The van der Waals surface area contributed by atoms with Crippen LogP contribution in [0.3, 0.4) is 0 Å². The predicted octanol–water partition coefficient (Wildman–Crippen LogP) is 3.55. The molecule has 1 aliphatic heterocycles. The van der Waals surface area contributed by atoms with Gasteiger partial charge in [0.15, 0.2) is 0 Å². The first-order valence-corrected chi connectivity index (χ1v) is 6.47. The van der Waals surface area contributed by atoms with Crippen LogP contribution in [0.1, 0.15) is 46.5 Å². The summed E-state index contributed by atoms with van der Waals surface area (Å²) < 4.78 is 0. The molecule has 1 saturated heterocycles. The molecule has 1 aliphatic rings. The smallest absolute Gasteiger partial charge is 0.223 e. The highest BCUT2D eigenvalue weighted by molar-refractivity contribution is 5.80. The molecule has 96 valence electrons. The Bertz CT molecular complexity index is 319. The normalized spacial score (nSPS) is 24.5. The Labute approximate surface area is 105 Å². The summed E-state index contributed by atoms with van der Waals surface area (Å²) in [6.07, 6.45) is 5.44. The molecule has 2 nitrogen and oxygen atoms in total. The van der Waals surface area contributed by atoms with E-state index in [9.17, 15) is 4.79 Å². The second-order valence-corrected chi connectivity index (χ2v) is 5.75. The number of likely N-dealkylation sites (tertiary alicyclic amines) is 1. The van der Waals surface area contributed by atoms with E-state index in [1.54, 1.807) is 0 Å². The van der Waals surface area contributed by atoms with Gasteiger partial charge in [0.05, 0.1) is 0 Å². The van der Waals surface area contributed by atoms with Gasteiger partial charge >= 0.3 is 0 Å². The van der Waals surface area contributed by atoms with Crippen LogP contribution < -0.4 is 0 Å². The van der Waals surface area contributed by atoms with Gasteiger partial charge in [-0.1, -0.05) is 25.5 Å². The molecule has 1 fully saturated rings. The Morgan fingerprint density at radius 1 is 1.59 bits per heavy atom. The molecule has 0 aromatic heterocycles. The van der Waals surface area contributed by atoms with E-state index >= 15 is 0 Å². The molecule has 17 heavy (non-hydrogen) atoms. The van der Waals surface area contributed by atoms with Crippen LogP contribution in [0.25, 0.3) is 0 Å². The number of hydrogen-bond acceptors (Lipinski definition) is 1. The van der Waals surface area contributed by atoms with Crippen molar-refractivity contribution in [3.63, 3.8) is 0 Å². The minimum Gasteiger partial charge on any atom is -0.333 e. The van der Waals surface area contributed by atoms with Crippen LogP contribution in [-0.2, 0) is 4.79 Å². The molecule has 1 amide bonds. The fourth-order valence-electron chi connectivity index (χ4n) is 3.09. The van der Waals surface area contributed by atoms with Gasteiger partial charge < -0.3 is 4.90 Å². The average molecular weight is 235 g/mol. The number of amides is 1. The van der Waals surface area contributed by atoms with Gasteiger partial charge in [0.2, 0.25) is 5.91 Å². The van der Waals surface area contributed by atoms with Gasteiger partial charge in [-0.05, 0) is 32.1 Å². The Hall–Kier alpha value is -1.05. The van der Waals surface area contributed by atoms with Crippen molar-refractivity contribution >= 4 is 5.91 Å². The number of carbonyl (C=O) groups is 1. The molecule has 1 rings (SSSR count). The Morgan fingerprint density at radius 3 is 2.71 bits per heavy atom. The summed E-state index contributed by atoms with van der Waals surface area (Å²) in [7, 11) is 0. The third-order valence-electron chi connectivity index (χ3n) is 3.41. The number of hydrogen-bond donors (Lipinski definition) is 0. The third kappa shape index (κ3) is 3.21. The molecule has 0 aromatic rings. The first-order chi connectivity index (χ1) is 7.91. The van der Waals surface area contributed by atoms with Gasteiger partial charge in [-0.15, -0.1) is 13.2 Å². The summed E-state index contributed by atoms with van der Waals surface area (Å²) in [5, 5.41) is 0. The number of carbonyl (C=O) groups excluding carboxylic acids is 1. The standard InChI is InChI=1S/C15H25NO/c1-6-9-16-14(17)7-8-15(16,10-12(2)3)11-13(4)5/h6,13H,1-2,7-11H2,3-5H3. The molecule has 0 N–H and O–H groups in total. The highest BCUT2D eigenvalue weighted by atomic mass is 16.2. The minimum atomic E-state index is -0.00866. The van der Waals surface area contributed by atoms with Crippen LogP contribution in [0, 0.1) is 5.92 Å². The molecule has 0 bridgehead atoms. The largest absolute Gasteiger partial charge is 0.333 e. The van der Waals surface area contributed by atoms with Crippen molar-refractivity contribution in [2.75, 3.05) is 6.54 Å². The van der Waals surface area contributed by atoms with E-state index in [1.165, 1.54) is 0 Å². The molecular formula is C15H25NO. The van der Waals surface area contributed by atoms with Crippen molar-refractivity contribution < 1.29 is 4.79 Å². The molecule has 0 spiro atoms. The van der Waals surface area contributed by atoms with Crippen LogP contribution in [0.5, 0.6) is 0 Å². The van der Waals surface area contributed by atoms with Crippen LogP contribution >= 0.6 is 0 Å². The summed E-state index contributed by atoms with van der Waals surface area (Å²) in [5.41, 5.74) is 1.15. The fourth-order valence-corrected chi connectivity index (χ4v) is 3.09. The van der Waals surface area contributed by atoms with Crippen molar-refractivity contribution in [2.24, 2.45) is 5.92 Å². The highest BCUT2D eigenvalue weighted by Crippen LogP contribution is 2.40. The minimum absolute atomic E-state index is 0.00866. The van der Waals surface area contributed by atoms with Crippen LogP contribution in [0.4, 0.5) is 0 Å². The van der Waals surface area contributed by atoms with E-state index in [-0.39, 0.29) is 11.4 Å². The summed E-state index contributed by atoms with van der Waals surface area (Å²) in [6, 6.07) is 0. The maximum absolute atomic E-state index is 12.0. The topological polar surface area (TPSA) is 20.3 Å². The molecule has 0 saturated carbocycles. The number of rotatable bonds is 6. The zero-order valence-corrected chi connectivity index (χ0v) is 11.5. The molecule has 1 heterocycles. The van der Waals surface area contributed by atoms with E-state index in [4.69, 9.17) is 0 Å². The van der Waals surface area contributed by atoms with Crippen molar-refractivity contribution in [1.82, 2.24) is 4.90 Å². The van der Waals surface area contributed by atoms with Crippen molar-refractivity contribution in [1.29, 1.82) is 0 Å². The summed E-state index contributed by atoms with van der Waals surface area (Å²) in [4.78, 5) is 14.0. The monoisotopic (exact) mass is 235 g/mol. The van der Waals surface area contributed by atoms with Crippen molar-refractivity contribution in [2.45, 2.75) is 52.0 Å². The van der Waals surface area contributed by atoms with E-state index in [0.717, 1.165) is 24.8 Å². The summed E-state index contributed by atoms with van der Waals surface area (Å²) in [5.74, 6) is 0.861. The lowest BCUT2D eigenvalue weighted by atomic mass is 9.81. The predicted molar refractivity (Wildman–Crippen MR) is 72.8 cm³/mol. The van der Waals surface area contributed by atoms with Gasteiger partial charge in [-0.25, -0.2) is 0 Å². The Balaban J connectivity index is 2.97. The second-order valence-electron chi connectivity index (χ2n) is 5.75. The molecule has 1 atom stereocenters. The van der Waals surface area contributed by atoms with Crippen LogP contribution in [0.15, 0.2) is 24.8 Å². The average Bonchev–Trinajstić information content (AvgIpc) is 2.45. The molecule has 0 radical (unpaired) electrons. The van der Waals surface area contributed by atoms with E-state index in [0.29, 0.717) is 18.9 Å². The maximum Gasteiger partial charge on any atom is 0.223 e. The lowest BCUT2D eigenvalue weighted by Crippen LogP contribution is -2.47. The second kappa shape index (κ2) is 5.52. The molecule has 0 aliphatic carbocycles. The molecular weight excluding hydrogens is 210 g/mol. The zero-order valence-electron chi connectivity index (χ0n) is 11.5. The SMILES string of the molecule is C=CCN1C(=O)CCC1(CC(=C)C)CC(C)C. The van der Waals surface area contributed by atoms with Gasteiger partial charge in [-0.3, -0.25) is 4.79 Å².